The number of esters is 2. The van der Waals surface area contributed by atoms with Crippen LogP contribution in [0.5, 0.6) is 0 Å². The molecular formula is C49H99O7PS. The van der Waals surface area contributed by atoms with Crippen molar-refractivity contribution in [2.75, 3.05) is 31.3 Å². The maximum absolute atomic E-state index is 11.9. The highest BCUT2D eigenvalue weighted by molar-refractivity contribution is 7.99. The number of rotatable bonds is 47. The summed E-state index contributed by atoms with van der Waals surface area (Å²) in [5.74, 6) is 1.20. The van der Waals surface area contributed by atoms with Crippen molar-refractivity contribution >= 4 is 32.3 Å². The van der Waals surface area contributed by atoms with E-state index in [1.807, 2.05) is 0 Å². The fourth-order valence-electron chi connectivity index (χ4n) is 7.08. The summed E-state index contributed by atoms with van der Waals surface area (Å²) in [6, 6.07) is 0. The molecule has 0 bridgehead atoms. The topological polar surface area (TPSA) is 102 Å². The number of carbonyl (C=O) groups excluding carboxylic acids is 2. The van der Waals surface area contributed by atoms with E-state index >= 15 is 0 Å². The molecule has 0 aromatic heterocycles. The summed E-state index contributed by atoms with van der Waals surface area (Å²) in [4.78, 5) is 40.8. The molecule has 0 fully saturated rings. The Bertz CT molecular complexity index is 788. The molecule has 0 spiro atoms. The van der Waals surface area contributed by atoms with Crippen LogP contribution in [0.2, 0.25) is 0 Å². The van der Waals surface area contributed by atoms with E-state index in [9.17, 15) is 9.59 Å². The zero-order chi connectivity index (χ0) is 42.7. The highest BCUT2D eigenvalue weighted by Gasteiger charge is 2.06. The molecular weight excluding hydrogens is 764 g/mol. The molecule has 7 nitrogen and oxygen atoms in total. The Labute approximate surface area is 366 Å². The number of hydrogen-bond acceptors (Lipinski definition) is 8. The van der Waals surface area contributed by atoms with Gasteiger partial charge in [0.15, 0.2) is 0 Å². The van der Waals surface area contributed by atoms with Gasteiger partial charge in [0, 0.05) is 11.5 Å². The standard InChI is InChI=1S/C36H70O4S.C13H29O3P/c1-3-5-7-9-11-13-15-16-17-18-19-20-22-24-26-28-32-40-36(38)30-34-41-33-29-35(37)39-31-27-25-23-21-14-12-10-8-6-4-2;1-2-3-4-5-6-7-8-9-10-11-12-13-16-17(14)15/h3-34H2,1-2H3;14-15H,2-13H2,1H3. The number of ether oxygens (including phenoxy) is 2. The van der Waals surface area contributed by atoms with Gasteiger partial charge in [0.25, 0.3) is 0 Å². The van der Waals surface area contributed by atoms with Gasteiger partial charge in [-0.3, -0.25) is 9.59 Å². The number of carbonyl (C=O) groups is 2. The van der Waals surface area contributed by atoms with E-state index in [1.54, 1.807) is 11.8 Å². The second-order valence-corrected chi connectivity index (χ2v) is 18.6. The second kappa shape index (κ2) is 54.6. The third kappa shape index (κ3) is 57.7. The molecule has 58 heavy (non-hydrogen) atoms. The van der Waals surface area contributed by atoms with E-state index in [4.69, 9.17) is 23.8 Å². The predicted molar refractivity (Wildman–Crippen MR) is 254 cm³/mol. The Morgan fingerprint density at radius 3 is 0.828 bits per heavy atom. The Kier molecular flexibility index (Phi) is 56.2. The third-order valence-electron chi connectivity index (χ3n) is 10.9. The summed E-state index contributed by atoms with van der Waals surface area (Å²) in [6.45, 7) is 8.37. The molecule has 2 N–H and O–H groups in total. The SMILES string of the molecule is CCCCCCCCCCCCCCCCCCOC(=O)CCSCCC(=O)OCCCCCCCCCCCC.CCCCCCCCCCCCCOP(O)O. The van der Waals surface area contributed by atoms with E-state index in [-0.39, 0.29) is 11.9 Å². The van der Waals surface area contributed by atoms with Gasteiger partial charge in [-0.05, 0) is 19.3 Å². The normalized spacial score (nSPS) is 11.2. The molecule has 0 amide bonds. The minimum Gasteiger partial charge on any atom is -0.466 e. The van der Waals surface area contributed by atoms with Crippen LogP contribution in [0.15, 0.2) is 0 Å². The molecule has 0 aromatic carbocycles. The van der Waals surface area contributed by atoms with Crippen molar-refractivity contribution in [2.45, 2.75) is 271 Å². The Hall–Kier alpha value is -0.400. The van der Waals surface area contributed by atoms with E-state index in [0.29, 0.717) is 44.2 Å². The van der Waals surface area contributed by atoms with Gasteiger partial charge in [0.05, 0.1) is 32.7 Å². The maximum atomic E-state index is 11.9. The van der Waals surface area contributed by atoms with E-state index in [0.717, 1.165) is 38.5 Å². The van der Waals surface area contributed by atoms with E-state index in [2.05, 4.69) is 20.8 Å². The van der Waals surface area contributed by atoms with Gasteiger partial charge in [0.1, 0.15) is 0 Å². The van der Waals surface area contributed by atoms with Gasteiger partial charge in [-0.25, -0.2) is 0 Å². The summed E-state index contributed by atoms with van der Waals surface area (Å²) in [5, 5.41) is 0. The lowest BCUT2D eigenvalue weighted by molar-refractivity contribution is -0.144. The van der Waals surface area contributed by atoms with Crippen LogP contribution >= 0.6 is 20.4 Å². The van der Waals surface area contributed by atoms with Gasteiger partial charge in [-0.1, -0.05) is 239 Å². The molecule has 0 saturated carbocycles. The van der Waals surface area contributed by atoms with Gasteiger partial charge in [-0.15, -0.1) is 0 Å². The summed E-state index contributed by atoms with van der Waals surface area (Å²) in [7, 11) is -2.14. The Morgan fingerprint density at radius 2 is 0.586 bits per heavy atom. The van der Waals surface area contributed by atoms with Crippen molar-refractivity contribution in [3.63, 3.8) is 0 Å². The lowest BCUT2D eigenvalue weighted by Crippen LogP contribution is -2.09. The second-order valence-electron chi connectivity index (χ2n) is 16.7. The summed E-state index contributed by atoms with van der Waals surface area (Å²) in [6.07, 6.45) is 49.5. The van der Waals surface area contributed by atoms with Gasteiger partial charge >= 0.3 is 20.5 Å². The van der Waals surface area contributed by atoms with Crippen LogP contribution in [-0.2, 0) is 23.6 Å². The van der Waals surface area contributed by atoms with Crippen molar-refractivity contribution in [1.29, 1.82) is 0 Å². The fourth-order valence-corrected chi connectivity index (χ4v) is 8.20. The molecule has 0 radical (unpaired) electrons. The highest BCUT2D eigenvalue weighted by Crippen LogP contribution is 2.24. The van der Waals surface area contributed by atoms with Crippen LogP contribution in [0.4, 0.5) is 0 Å². The smallest absolute Gasteiger partial charge is 0.327 e. The lowest BCUT2D eigenvalue weighted by Gasteiger charge is -2.06. The van der Waals surface area contributed by atoms with Crippen molar-refractivity contribution < 1.29 is 33.4 Å². The van der Waals surface area contributed by atoms with E-state index < -0.39 is 8.60 Å². The molecule has 0 unspecified atom stereocenters. The average molecular weight is 863 g/mol. The minimum atomic E-state index is -2.14. The molecule has 0 atom stereocenters. The third-order valence-corrected chi connectivity index (χ3v) is 12.3. The first-order valence-corrected chi connectivity index (χ1v) is 27.5. The van der Waals surface area contributed by atoms with Crippen LogP contribution < -0.4 is 0 Å². The first kappa shape index (κ1) is 59.7. The molecule has 0 aliphatic carbocycles. The monoisotopic (exact) mass is 863 g/mol. The zero-order valence-corrected chi connectivity index (χ0v) is 40.6. The molecule has 348 valence electrons. The number of hydrogen-bond donors (Lipinski definition) is 2. The minimum absolute atomic E-state index is 0.109. The highest BCUT2D eigenvalue weighted by atomic mass is 32.2. The molecule has 0 aromatic rings. The van der Waals surface area contributed by atoms with Gasteiger partial charge in [0.2, 0.25) is 0 Å². The number of thioether (sulfide) groups is 1. The van der Waals surface area contributed by atoms with Crippen molar-refractivity contribution in [3.8, 4) is 0 Å². The Morgan fingerprint density at radius 1 is 0.362 bits per heavy atom. The summed E-state index contributed by atoms with van der Waals surface area (Å²) in [5.41, 5.74) is 0. The van der Waals surface area contributed by atoms with Gasteiger partial charge < -0.3 is 23.8 Å². The molecule has 0 rings (SSSR count). The van der Waals surface area contributed by atoms with Crippen molar-refractivity contribution in [3.05, 3.63) is 0 Å². The van der Waals surface area contributed by atoms with Crippen LogP contribution in [0.1, 0.15) is 271 Å². The van der Waals surface area contributed by atoms with Crippen LogP contribution in [0, 0.1) is 0 Å². The van der Waals surface area contributed by atoms with E-state index in [1.165, 1.54) is 199 Å². The predicted octanol–water partition coefficient (Wildman–Crippen LogP) is 16.3. The first-order valence-electron chi connectivity index (χ1n) is 25.2. The molecule has 0 aliphatic heterocycles. The van der Waals surface area contributed by atoms with Crippen LogP contribution in [-0.4, -0.2) is 53.1 Å². The number of unbranched alkanes of at least 4 members (excludes halogenated alkanes) is 34. The largest absolute Gasteiger partial charge is 0.466 e. The van der Waals surface area contributed by atoms with Crippen molar-refractivity contribution in [2.24, 2.45) is 0 Å². The Balaban J connectivity index is 0. The van der Waals surface area contributed by atoms with Crippen LogP contribution in [0.25, 0.3) is 0 Å². The average Bonchev–Trinajstić information content (AvgIpc) is 3.21. The molecule has 0 heterocycles. The first-order chi connectivity index (χ1) is 28.5. The van der Waals surface area contributed by atoms with Crippen molar-refractivity contribution in [1.82, 2.24) is 0 Å². The zero-order valence-electron chi connectivity index (χ0n) is 38.9. The lowest BCUT2D eigenvalue weighted by atomic mass is 10.0. The molecule has 0 saturated heterocycles. The molecule has 0 aliphatic rings. The maximum Gasteiger partial charge on any atom is 0.327 e. The van der Waals surface area contributed by atoms with Gasteiger partial charge in [-0.2, -0.15) is 11.8 Å². The summed E-state index contributed by atoms with van der Waals surface area (Å²) < 4.78 is 15.4. The quantitative estimate of drug-likeness (QED) is 0.0354. The van der Waals surface area contributed by atoms with Crippen LogP contribution in [0.3, 0.4) is 0 Å². The summed E-state index contributed by atoms with van der Waals surface area (Å²) >= 11 is 1.63. The fraction of sp³-hybridized carbons (Fsp3) is 0.959. The molecule has 9 heteroatoms.